The number of carbonyl (C=O) groups excluding carboxylic acids is 1. The highest BCUT2D eigenvalue weighted by atomic mass is 35.5. The highest BCUT2D eigenvalue weighted by Crippen LogP contribution is 2.30. The van der Waals surface area contributed by atoms with E-state index < -0.39 is 46.9 Å². The molecule has 0 saturated heterocycles. The summed E-state index contributed by atoms with van der Waals surface area (Å²) in [6.45, 7) is -0.0227. The summed E-state index contributed by atoms with van der Waals surface area (Å²) >= 11 is 6.20. The van der Waals surface area contributed by atoms with Gasteiger partial charge >= 0.3 is 10.3 Å². The molecule has 4 atom stereocenters. The zero-order chi connectivity index (χ0) is 25.2. The SMILES string of the molecule is NS(=O)(=O)OCC1CC(Nc2ncncc2C(=O)c2ccn(Cc3ccccc3Cl)n2)C(O)C1O. The Labute approximate surface area is 206 Å². The van der Waals surface area contributed by atoms with Crippen LogP contribution in [0.4, 0.5) is 5.82 Å². The second-order valence-electron chi connectivity index (χ2n) is 8.11. The number of rotatable bonds is 9. The van der Waals surface area contributed by atoms with E-state index >= 15 is 0 Å². The van der Waals surface area contributed by atoms with Gasteiger partial charge in [-0.1, -0.05) is 29.8 Å². The number of benzene rings is 1. The largest absolute Gasteiger partial charge is 0.390 e. The number of halogens is 1. The van der Waals surface area contributed by atoms with E-state index in [1.165, 1.54) is 12.5 Å². The molecule has 1 aromatic carbocycles. The number of aliphatic hydroxyl groups is 2. The minimum Gasteiger partial charge on any atom is -0.390 e. The van der Waals surface area contributed by atoms with Crippen LogP contribution in [-0.4, -0.2) is 69.0 Å². The fourth-order valence-electron chi connectivity index (χ4n) is 3.91. The van der Waals surface area contributed by atoms with Gasteiger partial charge in [0.15, 0.2) is 0 Å². The molecule has 3 aromatic rings. The van der Waals surface area contributed by atoms with E-state index in [9.17, 15) is 23.4 Å². The first kappa shape index (κ1) is 25.2. The summed E-state index contributed by atoms with van der Waals surface area (Å²) in [6.07, 6.45) is 1.81. The van der Waals surface area contributed by atoms with Crippen molar-refractivity contribution >= 4 is 33.5 Å². The number of aromatic nitrogens is 4. The number of nitrogens with zero attached hydrogens (tertiary/aromatic N) is 4. The third-order valence-corrected chi connectivity index (χ3v) is 6.52. The number of nitrogens with one attached hydrogen (secondary N) is 1. The standard InChI is InChI=1S/C21H23ClN6O6S/c22-15-4-2-1-3-12(15)9-28-6-5-16(27-28)19(30)14-8-24-11-25-21(14)26-17-7-13(18(29)20(17)31)10-34-35(23,32)33/h1-6,8,11,13,17-18,20,29,31H,7,9-10H2,(H2,23,32,33)(H,24,25,26). The first-order valence-electron chi connectivity index (χ1n) is 10.5. The summed E-state index contributed by atoms with van der Waals surface area (Å²) in [7, 11) is -4.19. The molecule has 12 nitrogen and oxygen atoms in total. The van der Waals surface area contributed by atoms with E-state index in [4.69, 9.17) is 16.7 Å². The van der Waals surface area contributed by atoms with Crippen molar-refractivity contribution < 1.29 is 27.6 Å². The average Bonchev–Trinajstić information content (AvgIpc) is 3.39. The van der Waals surface area contributed by atoms with Crippen LogP contribution in [0.25, 0.3) is 0 Å². The minimum atomic E-state index is -4.19. The number of carbonyl (C=O) groups is 1. The molecule has 1 aliphatic carbocycles. The average molecular weight is 523 g/mol. The molecule has 1 fully saturated rings. The Bertz CT molecular complexity index is 1320. The van der Waals surface area contributed by atoms with Gasteiger partial charge in [-0.25, -0.2) is 15.1 Å². The second-order valence-corrected chi connectivity index (χ2v) is 9.74. The van der Waals surface area contributed by atoms with Gasteiger partial charge in [0.2, 0.25) is 5.78 Å². The summed E-state index contributed by atoms with van der Waals surface area (Å²) in [5, 5.41) is 33.4. The van der Waals surface area contributed by atoms with Crippen LogP contribution in [0.5, 0.6) is 0 Å². The summed E-state index contributed by atoms with van der Waals surface area (Å²) in [4.78, 5) is 21.2. The van der Waals surface area contributed by atoms with Gasteiger partial charge < -0.3 is 15.5 Å². The Morgan fingerprint density at radius 2 is 2.03 bits per heavy atom. The first-order valence-corrected chi connectivity index (χ1v) is 12.4. The maximum absolute atomic E-state index is 13.2. The topological polar surface area (TPSA) is 183 Å². The lowest BCUT2D eigenvalue weighted by molar-refractivity contribution is 0.00778. The molecular weight excluding hydrogens is 500 g/mol. The van der Waals surface area contributed by atoms with Crippen LogP contribution in [-0.2, 0) is 21.0 Å². The number of hydrogen-bond donors (Lipinski definition) is 4. The van der Waals surface area contributed by atoms with Crippen molar-refractivity contribution in [1.82, 2.24) is 19.7 Å². The molecule has 0 spiro atoms. The molecule has 2 heterocycles. The number of nitrogens with two attached hydrogens (primary N) is 1. The van der Waals surface area contributed by atoms with Gasteiger partial charge in [0.1, 0.15) is 23.9 Å². The lowest BCUT2D eigenvalue weighted by Crippen LogP contribution is -2.36. The molecule has 14 heteroatoms. The molecule has 4 rings (SSSR count). The van der Waals surface area contributed by atoms with E-state index in [1.807, 2.05) is 18.2 Å². The molecule has 1 aliphatic rings. The molecule has 0 bridgehead atoms. The third-order valence-electron chi connectivity index (χ3n) is 5.69. The molecule has 4 unspecified atom stereocenters. The first-order chi connectivity index (χ1) is 16.6. The van der Waals surface area contributed by atoms with Gasteiger partial charge in [0.05, 0.1) is 30.9 Å². The smallest absolute Gasteiger partial charge is 0.333 e. The number of ketones is 1. The minimum absolute atomic E-state index is 0.112. The highest BCUT2D eigenvalue weighted by molar-refractivity contribution is 7.84. The normalized spacial score (nSPS) is 22.3. The summed E-state index contributed by atoms with van der Waals surface area (Å²) < 4.78 is 28.2. The van der Waals surface area contributed by atoms with Gasteiger partial charge in [-0.3, -0.25) is 13.7 Å². The van der Waals surface area contributed by atoms with E-state index in [0.29, 0.717) is 11.6 Å². The van der Waals surface area contributed by atoms with Gasteiger partial charge in [-0.05, 0) is 24.1 Å². The van der Waals surface area contributed by atoms with Crippen LogP contribution in [0.15, 0.2) is 49.1 Å². The zero-order valence-electron chi connectivity index (χ0n) is 18.2. The predicted octanol–water partition coefficient (Wildman–Crippen LogP) is 0.348. The lowest BCUT2D eigenvalue weighted by Gasteiger charge is -2.19. The van der Waals surface area contributed by atoms with Gasteiger partial charge in [0.25, 0.3) is 0 Å². The molecule has 5 N–H and O–H groups in total. The van der Waals surface area contributed by atoms with Crippen molar-refractivity contribution in [2.75, 3.05) is 11.9 Å². The number of hydrogen-bond acceptors (Lipinski definition) is 10. The molecule has 0 amide bonds. The van der Waals surface area contributed by atoms with Gasteiger partial charge in [-0.2, -0.15) is 13.5 Å². The van der Waals surface area contributed by atoms with Crippen molar-refractivity contribution in [3.05, 3.63) is 70.9 Å². The van der Waals surface area contributed by atoms with Crippen LogP contribution >= 0.6 is 11.6 Å². The molecule has 2 aromatic heterocycles. The Hall–Kier alpha value is -2.94. The van der Waals surface area contributed by atoms with Crippen LogP contribution < -0.4 is 10.5 Å². The third kappa shape index (κ3) is 6.01. The molecule has 35 heavy (non-hydrogen) atoms. The zero-order valence-corrected chi connectivity index (χ0v) is 19.8. The van der Waals surface area contributed by atoms with Crippen LogP contribution in [0.3, 0.4) is 0 Å². The van der Waals surface area contributed by atoms with Crippen molar-refractivity contribution in [2.45, 2.75) is 31.2 Å². The van der Waals surface area contributed by atoms with Gasteiger partial charge in [0, 0.05) is 23.3 Å². The van der Waals surface area contributed by atoms with E-state index in [2.05, 4.69) is 24.6 Å². The van der Waals surface area contributed by atoms with E-state index in [1.54, 1.807) is 23.0 Å². The summed E-state index contributed by atoms with van der Waals surface area (Å²) in [5.74, 6) is -1.02. The Kier molecular flexibility index (Phi) is 7.44. The number of aliphatic hydroxyl groups excluding tert-OH is 2. The molecule has 0 aliphatic heterocycles. The van der Waals surface area contributed by atoms with E-state index in [0.717, 1.165) is 5.56 Å². The lowest BCUT2D eigenvalue weighted by atomic mass is 10.1. The maximum atomic E-state index is 13.2. The van der Waals surface area contributed by atoms with Crippen LogP contribution in [0.1, 0.15) is 28.0 Å². The Morgan fingerprint density at radius 1 is 1.26 bits per heavy atom. The Balaban J connectivity index is 1.48. The summed E-state index contributed by atoms with van der Waals surface area (Å²) in [6, 6.07) is 8.13. The maximum Gasteiger partial charge on any atom is 0.333 e. The van der Waals surface area contributed by atoms with Crippen molar-refractivity contribution in [3.8, 4) is 0 Å². The Morgan fingerprint density at radius 3 is 2.77 bits per heavy atom. The van der Waals surface area contributed by atoms with Crippen molar-refractivity contribution in [3.63, 3.8) is 0 Å². The monoisotopic (exact) mass is 522 g/mol. The fraction of sp³-hybridized carbons (Fsp3) is 0.333. The quantitative estimate of drug-likeness (QED) is 0.286. The van der Waals surface area contributed by atoms with Gasteiger partial charge in [-0.15, -0.1) is 0 Å². The molecule has 1 saturated carbocycles. The number of anilines is 1. The summed E-state index contributed by atoms with van der Waals surface area (Å²) in [5.41, 5.74) is 1.11. The van der Waals surface area contributed by atoms with Crippen LogP contribution in [0, 0.1) is 5.92 Å². The molecular formula is C21H23ClN6O6S. The van der Waals surface area contributed by atoms with E-state index in [-0.39, 0.29) is 23.5 Å². The van der Waals surface area contributed by atoms with Crippen molar-refractivity contribution in [2.24, 2.45) is 11.1 Å². The second kappa shape index (κ2) is 10.4. The van der Waals surface area contributed by atoms with Crippen LogP contribution in [0.2, 0.25) is 5.02 Å². The highest BCUT2D eigenvalue weighted by Gasteiger charge is 2.42. The van der Waals surface area contributed by atoms with Crippen molar-refractivity contribution in [1.29, 1.82) is 0 Å². The molecule has 186 valence electrons. The fourth-order valence-corrected chi connectivity index (χ4v) is 4.47. The predicted molar refractivity (Wildman–Crippen MR) is 125 cm³/mol. The molecule has 0 radical (unpaired) electrons.